The second kappa shape index (κ2) is 4.14. The molecule has 0 aliphatic rings. The summed E-state index contributed by atoms with van der Waals surface area (Å²) in [7, 11) is 0. The summed E-state index contributed by atoms with van der Waals surface area (Å²) in [5.74, 6) is 0. The van der Waals surface area contributed by atoms with Crippen molar-refractivity contribution in [3.05, 3.63) is 47.1 Å². The molecule has 0 aliphatic heterocycles. The van der Waals surface area contributed by atoms with E-state index in [1.54, 1.807) is 6.20 Å². The van der Waals surface area contributed by atoms with Crippen LogP contribution in [0.5, 0.6) is 0 Å². The van der Waals surface area contributed by atoms with Crippen molar-refractivity contribution in [1.82, 2.24) is 9.97 Å². The van der Waals surface area contributed by atoms with Crippen LogP contribution in [0.1, 0.15) is 11.3 Å². The number of aliphatic imine (C=N–C) groups is 1. The second-order valence-corrected chi connectivity index (χ2v) is 4.66. The highest BCUT2D eigenvalue weighted by Crippen LogP contribution is 2.21. The van der Waals surface area contributed by atoms with Gasteiger partial charge in [0.25, 0.3) is 0 Å². The highest BCUT2D eigenvalue weighted by molar-refractivity contribution is 7.13. The molecule has 0 saturated carbocycles. The van der Waals surface area contributed by atoms with Crippen molar-refractivity contribution >= 4 is 33.6 Å². The maximum Gasteiger partial charge on any atom is 0.208 e. The van der Waals surface area contributed by atoms with Gasteiger partial charge >= 0.3 is 0 Å². The van der Waals surface area contributed by atoms with Gasteiger partial charge in [-0.2, -0.15) is 0 Å². The standard InChI is InChI=1S/C13H11N3S/c1-9-11(8-15-13-14-6-7-17-13)10-4-2-3-5-12(10)16-9/h2-8,16H,1H3. The number of thiazole rings is 1. The molecule has 0 saturated heterocycles. The quantitative estimate of drug-likeness (QED) is 0.683. The van der Waals surface area contributed by atoms with Crippen LogP contribution in [-0.2, 0) is 0 Å². The Morgan fingerprint density at radius 1 is 1.35 bits per heavy atom. The molecule has 0 atom stereocenters. The molecule has 4 heteroatoms. The van der Waals surface area contributed by atoms with Gasteiger partial charge in [-0.1, -0.05) is 18.2 Å². The minimum absolute atomic E-state index is 0.787. The molecule has 2 heterocycles. The topological polar surface area (TPSA) is 41.0 Å². The largest absolute Gasteiger partial charge is 0.358 e. The lowest BCUT2D eigenvalue weighted by Crippen LogP contribution is -1.81. The predicted molar refractivity (Wildman–Crippen MR) is 72.4 cm³/mol. The fraction of sp³-hybridized carbons (Fsp3) is 0.0769. The molecule has 0 unspecified atom stereocenters. The van der Waals surface area contributed by atoms with E-state index in [9.17, 15) is 0 Å². The molecule has 0 radical (unpaired) electrons. The van der Waals surface area contributed by atoms with Crippen LogP contribution >= 0.6 is 11.3 Å². The lowest BCUT2D eigenvalue weighted by Gasteiger charge is -1.91. The molecule has 17 heavy (non-hydrogen) atoms. The number of rotatable bonds is 2. The molecule has 0 fully saturated rings. The maximum absolute atomic E-state index is 4.38. The number of para-hydroxylation sites is 1. The fourth-order valence-corrected chi connectivity index (χ4v) is 2.34. The number of aromatic amines is 1. The molecule has 0 bridgehead atoms. The lowest BCUT2D eigenvalue weighted by atomic mass is 10.1. The molecule has 0 aliphatic carbocycles. The average molecular weight is 241 g/mol. The van der Waals surface area contributed by atoms with Crippen LogP contribution in [-0.4, -0.2) is 16.2 Å². The highest BCUT2D eigenvalue weighted by Gasteiger charge is 2.05. The molecule has 0 amide bonds. The first-order valence-corrected chi connectivity index (χ1v) is 6.23. The molecule has 3 rings (SSSR count). The van der Waals surface area contributed by atoms with Crippen LogP contribution in [0.3, 0.4) is 0 Å². The van der Waals surface area contributed by atoms with E-state index in [0.29, 0.717) is 0 Å². The number of benzene rings is 1. The zero-order chi connectivity index (χ0) is 11.7. The molecule has 1 aromatic carbocycles. The van der Waals surface area contributed by atoms with Gasteiger partial charge in [0.15, 0.2) is 0 Å². The summed E-state index contributed by atoms with van der Waals surface area (Å²) in [4.78, 5) is 11.9. The number of hydrogen-bond acceptors (Lipinski definition) is 3. The average Bonchev–Trinajstić information content (AvgIpc) is 2.93. The third-order valence-corrected chi connectivity index (χ3v) is 3.35. The number of nitrogens with one attached hydrogen (secondary N) is 1. The van der Waals surface area contributed by atoms with Crippen molar-refractivity contribution in [2.75, 3.05) is 0 Å². The zero-order valence-corrected chi connectivity index (χ0v) is 10.2. The third-order valence-electron chi connectivity index (χ3n) is 2.67. The first-order chi connectivity index (χ1) is 8.34. The van der Waals surface area contributed by atoms with E-state index in [1.807, 2.05) is 23.7 Å². The molecule has 1 N–H and O–H groups in total. The minimum Gasteiger partial charge on any atom is -0.358 e. The molecule has 3 aromatic rings. The van der Waals surface area contributed by atoms with Gasteiger partial charge in [0, 0.05) is 40.0 Å². The van der Waals surface area contributed by atoms with E-state index < -0.39 is 0 Å². The Hall–Kier alpha value is -1.94. The predicted octanol–water partition coefficient (Wildman–Crippen LogP) is 3.68. The summed E-state index contributed by atoms with van der Waals surface area (Å²) < 4.78 is 0. The number of fused-ring (bicyclic) bond motifs is 1. The van der Waals surface area contributed by atoms with E-state index >= 15 is 0 Å². The molecular formula is C13H11N3S. The number of nitrogens with zero attached hydrogens (tertiary/aromatic N) is 2. The Bertz CT molecular complexity index is 665. The maximum atomic E-state index is 4.38. The normalized spacial score (nSPS) is 11.6. The van der Waals surface area contributed by atoms with Crippen molar-refractivity contribution in [2.24, 2.45) is 4.99 Å². The highest BCUT2D eigenvalue weighted by atomic mass is 32.1. The van der Waals surface area contributed by atoms with E-state index in [1.165, 1.54) is 16.7 Å². The lowest BCUT2D eigenvalue weighted by molar-refractivity contribution is 1.29. The summed E-state index contributed by atoms with van der Waals surface area (Å²) in [5, 5.41) is 3.91. The van der Waals surface area contributed by atoms with Crippen molar-refractivity contribution in [1.29, 1.82) is 0 Å². The van der Waals surface area contributed by atoms with Crippen LogP contribution in [0, 0.1) is 6.92 Å². The van der Waals surface area contributed by atoms with Crippen molar-refractivity contribution in [2.45, 2.75) is 6.92 Å². The molecule has 3 nitrogen and oxygen atoms in total. The molecular weight excluding hydrogens is 230 g/mol. The first-order valence-electron chi connectivity index (χ1n) is 5.35. The van der Waals surface area contributed by atoms with Crippen LogP contribution < -0.4 is 0 Å². The summed E-state index contributed by atoms with van der Waals surface area (Å²) >= 11 is 1.54. The van der Waals surface area contributed by atoms with Crippen LogP contribution in [0.4, 0.5) is 5.13 Å². The van der Waals surface area contributed by atoms with Crippen LogP contribution in [0.2, 0.25) is 0 Å². The number of hydrogen-bond donors (Lipinski definition) is 1. The van der Waals surface area contributed by atoms with E-state index in [0.717, 1.165) is 21.9 Å². The van der Waals surface area contributed by atoms with Crippen molar-refractivity contribution in [3.8, 4) is 0 Å². The zero-order valence-electron chi connectivity index (χ0n) is 9.34. The number of H-pyrrole nitrogens is 1. The Kier molecular flexibility index (Phi) is 2.49. The molecule has 84 valence electrons. The van der Waals surface area contributed by atoms with E-state index in [2.05, 4.69) is 34.0 Å². The number of aryl methyl sites for hydroxylation is 1. The fourth-order valence-electron chi connectivity index (χ4n) is 1.86. The summed E-state index contributed by atoms with van der Waals surface area (Å²) in [5.41, 5.74) is 3.41. The third kappa shape index (κ3) is 1.87. The molecule has 2 aromatic heterocycles. The smallest absolute Gasteiger partial charge is 0.208 e. The summed E-state index contributed by atoms with van der Waals surface area (Å²) in [6.45, 7) is 2.06. The Morgan fingerprint density at radius 3 is 3.06 bits per heavy atom. The van der Waals surface area contributed by atoms with Gasteiger partial charge in [-0.05, 0) is 13.0 Å². The van der Waals surface area contributed by atoms with Gasteiger partial charge < -0.3 is 4.98 Å². The summed E-state index contributed by atoms with van der Waals surface area (Å²) in [6, 6.07) is 8.24. The summed E-state index contributed by atoms with van der Waals surface area (Å²) in [6.07, 6.45) is 3.65. The monoisotopic (exact) mass is 241 g/mol. The van der Waals surface area contributed by atoms with Gasteiger partial charge in [0.05, 0.1) is 0 Å². The van der Waals surface area contributed by atoms with E-state index in [-0.39, 0.29) is 0 Å². The van der Waals surface area contributed by atoms with Gasteiger partial charge in [0.1, 0.15) is 0 Å². The Balaban J connectivity index is 2.08. The second-order valence-electron chi connectivity index (χ2n) is 3.78. The van der Waals surface area contributed by atoms with Crippen molar-refractivity contribution in [3.63, 3.8) is 0 Å². The van der Waals surface area contributed by atoms with Crippen LogP contribution in [0.25, 0.3) is 10.9 Å². The van der Waals surface area contributed by atoms with Gasteiger partial charge in [0.2, 0.25) is 5.13 Å². The first kappa shape index (κ1) is 10.2. The van der Waals surface area contributed by atoms with Crippen molar-refractivity contribution < 1.29 is 0 Å². The van der Waals surface area contributed by atoms with Crippen LogP contribution in [0.15, 0.2) is 40.8 Å². The Labute approximate surface area is 103 Å². The van der Waals surface area contributed by atoms with E-state index in [4.69, 9.17) is 0 Å². The van der Waals surface area contributed by atoms with Gasteiger partial charge in [-0.25, -0.2) is 9.98 Å². The Morgan fingerprint density at radius 2 is 2.24 bits per heavy atom. The van der Waals surface area contributed by atoms with Gasteiger partial charge in [-0.3, -0.25) is 0 Å². The SMILES string of the molecule is Cc1[nH]c2ccccc2c1C=Nc1nccs1. The molecule has 0 spiro atoms. The number of aromatic nitrogens is 2. The minimum atomic E-state index is 0.787. The van der Waals surface area contributed by atoms with Gasteiger partial charge in [-0.15, -0.1) is 11.3 Å².